The molecule has 0 aliphatic rings. The van der Waals surface area contributed by atoms with Crippen LogP contribution in [0.3, 0.4) is 0 Å². The summed E-state index contributed by atoms with van der Waals surface area (Å²) >= 11 is 0. The summed E-state index contributed by atoms with van der Waals surface area (Å²) in [6.45, 7) is 3.73. The molecule has 4 N–H and O–H groups in total. The lowest BCUT2D eigenvalue weighted by Crippen LogP contribution is -2.98. The zero-order chi connectivity index (χ0) is 20.8. The van der Waals surface area contributed by atoms with Crippen LogP contribution in [0.25, 0.3) is 0 Å². The van der Waals surface area contributed by atoms with Crippen LogP contribution in [0.2, 0.25) is 0 Å². The molecule has 154 valence electrons. The zero-order valence-electron chi connectivity index (χ0n) is 16.4. The number of methoxy groups -OCH3 is 1. The minimum absolute atomic E-state index is 0.0573. The molecule has 0 unspecified atom stereocenters. The van der Waals surface area contributed by atoms with Crippen molar-refractivity contribution in [3.63, 3.8) is 0 Å². The number of quaternary nitrogens is 1. The van der Waals surface area contributed by atoms with Gasteiger partial charge in [0.1, 0.15) is 23.9 Å². The zero-order valence-corrected chi connectivity index (χ0v) is 17.3. The number of aliphatic hydroxyl groups is 2. The van der Waals surface area contributed by atoms with Crippen molar-refractivity contribution in [1.29, 1.82) is 0 Å². The Morgan fingerprint density at radius 2 is 1.71 bits per heavy atom. The molecule has 0 fully saturated rings. The van der Waals surface area contributed by atoms with Crippen LogP contribution in [0.5, 0.6) is 5.75 Å². The van der Waals surface area contributed by atoms with Crippen LogP contribution in [0.15, 0.2) is 59.5 Å². The highest BCUT2D eigenvalue weighted by Gasteiger charge is 2.30. The lowest BCUT2D eigenvalue weighted by molar-refractivity contribution is -0.726. The summed E-state index contributed by atoms with van der Waals surface area (Å²) in [5.41, 5.74) is -0.108. The second kappa shape index (κ2) is 9.38. The largest absolute Gasteiger partial charge is 0.495 e. The van der Waals surface area contributed by atoms with E-state index in [0.717, 1.165) is 0 Å². The van der Waals surface area contributed by atoms with E-state index in [0.29, 0.717) is 11.4 Å². The average Bonchev–Trinajstić information content (AvgIpc) is 2.71. The Balaban J connectivity index is 2.37. The second-order valence-corrected chi connectivity index (χ2v) is 9.12. The van der Waals surface area contributed by atoms with Crippen molar-refractivity contribution in [2.24, 2.45) is 0 Å². The molecule has 28 heavy (non-hydrogen) atoms. The van der Waals surface area contributed by atoms with Gasteiger partial charge in [-0.15, -0.1) is 0 Å². The number of aliphatic hydroxyl groups excluding tert-OH is 2. The first-order valence-electron chi connectivity index (χ1n) is 9.05. The number of para-hydroxylation sites is 2. The van der Waals surface area contributed by atoms with Gasteiger partial charge in [-0.2, -0.15) is 0 Å². The Labute approximate surface area is 166 Å². The summed E-state index contributed by atoms with van der Waals surface area (Å²) in [7, 11) is -2.44. The molecule has 7 nitrogen and oxygen atoms in total. The van der Waals surface area contributed by atoms with Crippen molar-refractivity contribution in [3.8, 4) is 5.75 Å². The summed E-state index contributed by atoms with van der Waals surface area (Å²) in [6, 6.07) is 14.9. The topological polar surface area (TPSA) is 104 Å². The van der Waals surface area contributed by atoms with Crippen LogP contribution >= 0.6 is 0 Å². The number of hydrogen-bond acceptors (Lipinski definition) is 5. The SMILES string of the molecule is COc1ccccc1N(C[C@H](O)C[NH2+]C(C)(C)CO)S(=O)(=O)c1ccccc1. The van der Waals surface area contributed by atoms with Crippen molar-refractivity contribution in [2.75, 3.05) is 31.1 Å². The number of nitrogens with two attached hydrogens (primary N) is 1. The molecule has 0 heterocycles. The molecular weight excluding hydrogens is 380 g/mol. The van der Waals surface area contributed by atoms with E-state index in [-0.39, 0.29) is 24.6 Å². The van der Waals surface area contributed by atoms with Gasteiger partial charge in [0, 0.05) is 0 Å². The van der Waals surface area contributed by atoms with Crippen LogP contribution in [0.4, 0.5) is 5.69 Å². The van der Waals surface area contributed by atoms with Crippen molar-refractivity contribution in [1.82, 2.24) is 0 Å². The molecule has 8 heteroatoms. The summed E-state index contributed by atoms with van der Waals surface area (Å²) in [6.07, 6.45) is -0.950. The number of anilines is 1. The Hall–Kier alpha value is -2.13. The maximum absolute atomic E-state index is 13.3. The normalized spacial score (nSPS) is 13.2. The molecule has 0 aromatic heterocycles. The third-order valence-electron chi connectivity index (χ3n) is 4.41. The molecule has 2 aromatic rings. The Morgan fingerprint density at radius 1 is 1.11 bits per heavy atom. The summed E-state index contributed by atoms with van der Waals surface area (Å²) in [4.78, 5) is 0.132. The van der Waals surface area contributed by atoms with E-state index in [2.05, 4.69) is 0 Å². The van der Waals surface area contributed by atoms with Gasteiger partial charge in [-0.1, -0.05) is 30.3 Å². The number of rotatable bonds is 10. The lowest BCUT2D eigenvalue weighted by atomic mass is 10.1. The van der Waals surface area contributed by atoms with Gasteiger partial charge in [-0.25, -0.2) is 8.42 Å². The summed E-state index contributed by atoms with van der Waals surface area (Å²) in [5, 5.41) is 21.7. The molecule has 0 aliphatic heterocycles. The summed E-state index contributed by atoms with van der Waals surface area (Å²) < 4.78 is 33.1. The van der Waals surface area contributed by atoms with Crippen LogP contribution < -0.4 is 14.4 Å². The third-order valence-corrected chi connectivity index (χ3v) is 6.21. The molecule has 0 bridgehead atoms. The van der Waals surface area contributed by atoms with Gasteiger partial charge < -0.3 is 20.3 Å². The first-order valence-corrected chi connectivity index (χ1v) is 10.5. The minimum Gasteiger partial charge on any atom is -0.495 e. The number of hydrogen-bond donors (Lipinski definition) is 3. The van der Waals surface area contributed by atoms with E-state index in [1.54, 1.807) is 47.8 Å². The molecule has 0 saturated carbocycles. The highest BCUT2D eigenvalue weighted by atomic mass is 32.2. The molecule has 2 aromatic carbocycles. The average molecular weight is 410 g/mol. The predicted octanol–water partition coefficient (Wildman–Crippen LogP) is 0.586. The van der Waals surface area contributed by atoms with Gasteiger partial charge in [0.2, 0.25) is 0 Å². The first-order chi connectivity index (χ1) is 13.2. The van der Waals surface area contributed by atoms with E-state index in [9.17, 15) is 18.6 Å². The number of ether oxygens (including phenoxy) is 1. The Bertz CT molecular complexity index is 856. The van der Waals surface area contributed by atoms with Crippen molar-refractivity contribution < 1.29 is 28.7 Å². The fraction of sp³-hybridized carbons (Fsp3) is 0.400. The minimum atomic E-state index is -3.91. The highest BCUT2D eigenvalue weighted by molar-refractivity contribution is 7.92. The number of benzene rings is 2. The summed E-state index contributed by atoms with van der Waals surface area (Å²) in [5.74, 6) is 0.397. The van der Waals surface area contributed by atoms with Gasteiger partial charge in [0.25, 0.3) is 10.0 Å². The predicted molar refractivity (Wildman–Crippen MR) is 108 cm³/mol. The maximum Gasteiger partial charge on any atom is 0.264 e. The first kappa shape index (κ1) is 22.2. The van der Waals surface area contributed by atoms with Gasteiger partial charge >= 0.3 is 0 Å². The molecule has 0 amide bonds. The standard InChI is InChI=1S/C20H28N2O5S/c1-20(2,15-23)21-13-16(24)14-22(18-11-7-8-12-19(18)27-3)28(25,26)17-9-5-4-6-10-17/h4-12,16,21,23-24H,13-15H2,1-3H3/p+1/t16-/m1/s1. The fourth-order valence-corrected chi connectivity index (χ4v) is 4.20. The van der Waals surface area contributed by atoms with Crippen LogP contribution in [-0.4, -0.2) is 57.1 Å². The third kappa shape index (κ3) is 5.45. The molecule has 0 spiro atoms. The lowest BCUT2D eigenvalue weighted by Gasteiger charge is -2.29. The van der Waals surface area contributed by atoms with E-state index in [1.165, 1.54) is 23.5 Å². The van der Waals surface area contributed by atoms with Crippen molar-refractivity contribution >= 4 is 15.7 Å². The van der Waals surface area contributed by atoms with Crippen LogP contribution in [0, 0.1) is 0 Å². The van der Waals surface area contributed by atoms with E-state index < -0.39 is 21.7 Å². The van der Waals surface area contributed by atoms with Gasteiger partial charge in [-0.05, 0) is 38.1 Å². The van der Waals surface area contributed by atoms with Crippen molar-refractivity contribution in [3.05, 3.63) is 54.6 Å². The molecule has 0 saturated heterocycles. The molecule has 0 aliphatic carbocycles. The van der Waals surface area contributed by atoms with Crippen LogP contribution in [0.1, 0.15) is 13.8 Å². The highest BCUT2D eigenvalue weighted by Crippen LogP contribution is 2.32. The van der Waals surface area contributed by atoms with Gasteiger partial charge in [0.05, 0.1) is 30.8 Å². The fourth-order valence-electron chi connectivity index (χ4n) is 2.67. The van der Waals surface area contributed by atoms with Crippen molar-refractivity contribution in [2.45, 2.75) is 30.4 Å². The van der Waals surface area contributed by atoms with Crippen LogP contribution in [-0.2, 0) is 10.0 Å². The Morgan fingerprint density at radius 3 is 2.32 bits per heavy atom. The van der Waals surface area contributed by atoms with E-state index in [1.807, 2.05) is 13.8 Å². The van der Waals surface area contributed by atoms with E-state index in [4.69, 9.17) is 4.74 Å². The molecular formula is C20H29N2O5S+. The monoisotopic (exact) mass is 409 g/mol. The number of sulfonamides is 1. The number of nitrogens with zero attached hydrogens (tertiary/aromatic N) is 1. The second-order valence-electron chi connectivity index (χ2n) is 7.26. The quantitative estimate of drug-likeness (QED) is 0.533. The molecule has 1 atom stereocenters. The van der Waals surface area contributed by atoms with Gasteiger partial charge in [-0.3, -0.25) is 4.31 Å². The van der Waals surface area contributed by atoms with Gasteiger partial charge in [0.15, 0.2) is 0 Å². The van der Waals surface area contributed by atoms with E-state index >= 15 is 0 Å². The smallest absolute Gasteiger partial charge is 0.264 e. The molecule has 0 radical (unpaired) electrons. The molecule has 2 rings (SSSR count). The maximum atomic E-state index is 13.3. The Kier molecular flexibility index (Phi) is 7.42.